The van der Waals surface area contributed by atoms with Gasteiger partial charge in [0.25, 0.3) is 15.9 Å². The Morgan fingerprint density at radius 2 is 1.64 bits per heavy atom. The number of anilines is 1. The number of sulfonamides is 1. The number of rotatable bonds is 5. The second-order valence-electron chi connectivity index (χ2n) is 4.82. The van der Waals surface area contributed by atoms with Crippen LogP contribution in [0.15, 0.2) is 59.5 Å². The third kappa shape index (κ3) is 3.28. The normalized spacial score (nSPS) is 11.1. The molecule has 0 unspecified atom stereocenters. The van der Waals surface area contributed by atoms with Gasteiger partial charge in [0, 0.05) is 17.8 Å². The topological polar surface area (TPSA) is 80.5 Å². The van der Waals surface area contributed by atoms with E-state index in [0.717, 1.165) is 4.31 Å². The fraction of sp³-hybridized carbons (Fsp3) is 0.188. The van der Waals surface area contributed by atoms with E-state index in [-0.39, 0.29) is 11.4 Å². The molecule has 22 heavy (non-hydrogen) atoms. The highest BCUT2D eigenvalue weighted by Gasteiger charge is 2.29. The molecule has 0 atom stereocenters. The standard InChI is InChI=1S/C16H18N2O3S/c1-2-12-18(16(19)13-6-4-3-5-7-13)22(20,21)15-10-8-14(17)9-11-15/h3-11H,2,12,17H2,1H3. The van der Waals surface area contributed by atoms with Crippen molar-refractivity contribution in [3.8, 4) is 0 Å². The van der Waals surface area contributed by atoms with Crippen LogP contribution in [0.1, 0.15) is 23.7 Å². The molecule has 0 spiro atoms. The molecule has 0 radical (unpaired) electrons. The van der Waals surface area contributed by atoms with Crippen molar-refractivity contribution in [2.45, 2.75) is 18.2 Å². The van der Waals surface area contributed by atoms with E-state index in [1.165, 1.54) is 24.3 Å². The lowest BCUT2D eigenvalue weighted by Gasteiger charge is -2.22. The SMILES string of the molecule is CCCN(C(=O)c1ccccc1)S(=O)(=O)c1ccc(N)cc1. The summed E-state index contributed by atoms with van der Waals surface area (Å²) in [7, 11) is -3.90. The summed E-state index contributed by atoms with van der Waals surface area (Å²) < 4.78 is 26.3. The molecule has 0 heterocycles. The summed E-state index contributed by atoms with van der Waals surface area (Å²) in [4.78, 5) is 12.6. The molecule has 0 aromatic heterocycles. The minimum absolute atomic E-state index is 0.0550. The van der Waals surface area contributed by atoms with Crippen LogP contribution in [-0.2, 0) is 10.0 Å². The zero-order valence-electron chi connectivity index (χ0n) is 12.3. The predicted molar refractivity (Wildman–Crippen MR) is 85.8 cm³/mol. The quantitative estimate of drug-likeness (QED) is 0.859. The van der Waals surface area contributed by atoms with E-state index in [2.05, 4.69) is 0 Å². The van der Waals surface area contributed by atoms with Crippen LogP contribution in [0.5, 0.6) is 0 Å². The number of nitrogen functional groups attached to an aromatic ring is 1. The van der Waals surface area contributed by atoms with Gasteiger partial charge in [-0.15, -0.1) is 0 Å². The molecule has 0 fully saturated rings. The van der Waals surface area contributed by atoms with Gasteiger partial charge in [-0.3, -0.25) is 4.79 Å². The largest absolute Gasteiger partial charge is 0.399 e. The molecule has 5 nitrogen and oxygen atoms in total. The van der Waals surface area contributed by atoms with Crippen molar-refractivity contribution in [2.24, 2.45) is 0 Å². The van der Waals surface area contributed by atoms with Gasteiger partial charge in [0.05, 0.1) is 4.90 Å². The highest BCUT2D eigenvalue weighted by molar-refractivity contribution is 7.89. The number of benzene rings is 2. The van der Waals surface area contributed by atoms with Crippen LogP contribution >= 0.6 is 0 Å². The molecule has 0 aliphatic carbocycles. The fourth-order valence-electron chi connectivity index (χ4n) is 2.03. The van der Waals surface area contributed by atoms with E-state index in [1.54, 1.807) is 30.3 Å². The maximum atomic E-state index is 12.7. The van der Waals surface area contributed by atoms with Gasteiger partial charge >= 0.3 is 0 Å². The summed E-state index contributed by atoms with van der Waals surface area (Å²) in [5, 5.41) is 0. The molecule has 1 amide bonds. The molecule has 116 valence electrons. The lowest BCUT2D eigenvalue weighted by molar-refractivity contribution is 0.0861. The molecule has 0 aliphatic heterocycles. The highest BCUT2D eigenvalue weighted by Crippen LogP contribution is 2.20. The van der Waals surface area contributed by atoms with Crippen LogP contribution in [0.3, 0.4) is 0 Å². The number of nitrogens with two attached hydrogens (primary N) is 1. The van der Waals surface area contributed by atoms with Crippen molar-refractivity contribution in [1.82, 2.24) is 4.31 Å². The smallest absolute Gasteiger partial charge is 0.267 e. The van der Waals surface area contributed by atoms with Crippen LogP contribution in [0.4, 0.5) is 5.69 Å². The van der Waals surface area contributed by atoms with Gasteiger partial charge in [-0.2, -0.15) is 0 Å². The van der Waals surface area contributed by atoms with Crippen molar-refractivity contribution >= 4 is 21.6 Å². The maximum Gasteiger partial charge on any atom is 0.267 e. The molecule has 2 rings (SSSR count). The summed E-state index contributed by atoms with van der Waals surface area (Å²) in [6.07, 6.45) is 0.535. The molecular formula is C16H18N2O3S. The minimum Gasteiger partial charge on any atom is -0.399 e. The summed E-state index contributed by atoms with van der Waals surface area (Å²) in [6.45, 7) is 1.95. The Labute approximate surface area is 130 Å². The number of amides is 1. The Morgan fingerprint density at radius 1 is 1.05 bits per heavy atom. The van der Waals surface area contributed by atoms with Crippen molar-refractivity contribution in [3.05, 3.63) is 60.2 Å². The number of carbonyl (C=O) groups is 1. The van der Waals surface area contributed by atoms with E-state index in [1.807, 2.05) is 6.92 Å². The van der Waals surface area contributed by atoms with Crippen molar-refractivity contribution in [2.75, 3.05) is 12.3 Å². The van der Waals surface area contributed by atoms with Gasteiger partial charge in [0.1, 0.15) is 0 Å². The zero-order chi connectivity index (χ0) is 16.2. The fourth-order valence-corrected chi connectivity index (χ4v) is 3.51. The first-order valence-corrected chi connectivity index (χ1v) is 8.38. The molecule has 0 saturated carbocycles. The van der Waals surface area contributed by atoms with Crippen molar-refractivity contribution in [1.29, 1.82) is 0 Å². The first-order chi connectivity index (χ1) is 10.5. The Kier molecular flexibility index (Phi) is 4.82. The molecular weight excluding hydrogens is 300 g/mol. The zero-order valence-corrected chi connectivity index (χ0v) is 13.1. The van der Waals surface area contributed by atoms with Crippen molar-refractivity contribution < 1.29 is 13.2 Å². The summed E-state index contributed by atoms with van der Waals surface area (Å²) in [5.41, 5.74) is 6.39. The number of nitrogens with zero attached hydrogens (tertiary/aromatic N) is 1. The second-order valence-corrected chi connectivity index (χ2v) is 6.68. The molecule has 2 aromatic carbocycles. The van der Waals surface area contributed by atoms with Gasteiger partial charge in [0.2, 0.25) is 0 Å². The Bertz CT molecular complexity index is 741. The Morgan fingerprint density at radius 3 is 2.18 bits per heavy atom. The van der Waals surface area contributed by atoms with Gasteiger partial charge in [-0.25, -0.2) is 12.7 Å². The second kappa shape index (κ2) is 6.62. The average molecular weight is 318 g/mol. The Balaban J connectivity index is 2.42. The van der Waals surface area contributed by atoms with E-state index < -0.39 is 15.9 Å². The summed E-state index contributed by atoms with van der Waals surface area (Å²) >= 11 is 0. The molecule has 2 aromatic rings. The highest BCUT2D eigenvalue weighted by atomic mass is 32.2. The summed E-state index contributed by atoms with van der Waals surface area (Å²) in [6, 6.07) is 14.2. The number of carbonyl (C=O) groups excluding carboxylic acids is 1. The van der Waals surface area contributed by atoms with Gasteiger partial charge in [0.15, 0.2) is 0 Å². The first-order valence-electron chi connectivity index (χ1n) is 6.94. The molecule has 6 heteroatoms. The third-order valence-electron chi connectivity index (χ3n) is 3.14. The molecule has 2 N–H and O–H groups in total. The third-order valence-corrected chi connectivity index (χ3v) is 4.94. The van der Waals surface area contributed by atoms with E-state index in [4.69, 9.17) is 5.73 Å². The minimum atomic E-state index is -3.90. The van der Waals surface area contributed by atoms with Crippen molar-refractivity contribution in [3.63, 3.8) is 0 Å². The maximum absolute atomic E-state index is 12.7. The predicted octanol–water partition coefficient (Wildman–Crippen LogP) is 2.51. The van der Waals surface area contributed by atoms with E-state index >= 15 is 0 Å². The first kappa shape index (κ1) is 16.0. The Hall–Kier alpha value is -2.34. The van der Waals surface area contributed by atoms with Crippen LogP contribution in [0.25, 0.3) is 0 Å². The molecule has 0 aliphatic rings. The lowest BCUT2D eigenvalue weighted by Crippen LogP contribution is -2.37. The van der Waals surface area contributed by atoms with Crippen LogP contribution in [0.2, 0.25) is 0 Å². The summed E-state index contributed by atoms with van der Waals surface area (Å²) in [5.74, 6) is -0.528. The van der Waals surface area contributed by atoms with Crippen LogP contribution in [0, 0.1) is 0 Å². The molecule has 0 bridgehead atoms. The van der Waals surface area contributed by atoms with Crippen LogP contribution < -0.4 is 5.73 Å². The number of hydrogen-bond acceptors (Lipinski definition) is 4. The van der Waals surface area contributed by atoms with E-state index in [0.29, 0.717) is 17.7 Å². The average Bonchev–Trinajstić information content (AvgIpc) is 2.53. The van der Waals surface area contributed by atoms with E-state index in [9.17, 15) is 13.2 Å². The van der Waals surface area contributed by atoms with Gasteiger partial charge in [-0.05, 0) is 42.8 Å². The van der Waals surface area contributed by atoms with Gasteiger partial charge in [-0.1, -0.05) is 25.1 Å². The number of hydrogen-bond donors (Lipinski definition) is 1. The molecule has 0 saturated heterocycles. The lowest BCUT2D eigenvalue weighted by atomic mass is 10.2. The van der Waals surface area contributed by atoms with Crippen LogP contribution in [-0.4, -0.2) is 25.2 Å². The van der Waals surface area contributed by atoms with Gasteiger partial charge < -0.3 is 5.73 Å². The monoisotopic (exact) mass is 318 g/mol.